The van der Waals surface area contributed by atoms with Gasteiger partial charge in [-0.3, -0.25) is 9.59 Å². The van der Waals surface area contributed by atoms with Gasteiger partial charge >= 0.3 is 0 Å². The van der Waals surface area contributed by atoms with Gasteiger partial charge in [0.1, 0.15) is 0 Å². The van der Waals surface area contributed by atoms with E-state index in [4.69, 9.17) is 0 Å². The van der Waals surface area contributed by atoms with Gasteiger partial charge in [0.15, 0.2) is 0 Å². The third-order valence-electron chi connectivity index (χ3n) is 3.67. The topological polar surface area (TPSA) is 58.2 Å². The zero-order valence-corrected chi connectivity index (χ0v) is 14.4. The maximum Gasteiger partial charge on any atom is 0.251 e. The van der Waals surface area contributed by atoms with Gasteiger partial charge in [-0.25, -0.2) is 0 Å². The Kier molecular flexibility index (Phi) is 6.13. The summed E-state index contributed by atoms with van der Waals surface area (Å²) < 4.78 is 0. The van der Waals surface area contributed by atoms with Gasteiger partial charge in [-0.05, 0) is 42.7 Å². The molecule has 0 heterocycles. The number of nitrogens with one attached hydrogen (secondary N) is 2. The molecule has 126 valence electrons. The molecule has 0 fully saturated rings. The van der Waals surface area contributed by atoms with Crippen LogP contribution in [0.5, 0.6) is 0 Å². The second kappa shape index (κ2) is 8.29. The Labute approximate surface area is 143 Å². The molecule has 24 heavy (non-hydrogen) atoms. The SMILES string of the molecule is CC(C)CC(=O)Nc1ccc(C(=O)NC(C)c2ccccc2)cc1. The molecule has 0 saturated heterocycles. The molecule has 0 aliphatic heterocycles. The minimum atomic E-state index is -0.133. The Bertz CT molecular complexity index is 679. The minimum absolute atomic E-state index is 0.0140. The van der Waals surface area contributed by atoms with Crippen molar-refractivity contribution in [3.63, 3.8) is 0 Å². The van der Waals surface area contributed by atoms with Crippen LogP contribution in [0.15, 0.2) is 54.6 Å². The Morgan fingerprint density at radius 1 is 0.917 bits per heavy atom. The molecule has 0 radical (unpaired) electrons. The number of carbonyl (C=O) groups excluding carboxylic acids is 2. The lowest BCUT2D eigenvalue weighted by Gasteiger charge is -2.14. The van der Waals surface area contributed by atoms with Gasteiger partial charge in [0.05, 0.1) is 6.04 Å². The van der Waals surface area contributed by atoms with Gasteiger partial charge < -0.3 is 10.6 Å². The molecule has 0 saturated carbocycles. The molecule has 4 nitrogen and oxygen atoms in total. The summed E-state index contributed by atoms with van der Waals surface area (Å²) in [5, 5.41) is 5.81. The first-order valence-corrected chi connectivity index (χ1v) is 8.21. The van der Waals surface area contributed by atoms with Crippen LogP contribution >= 0.6 is 0 Å². The highest BCUT2D eigenvalue weighted by molar-refractivity contribution is 5.96. The molecular formula is C20H24N2O2. The van der Waals surface area contributed by atoms with E-state index >= 15 is 0 Å². The molecule has 0 aliphatic rings. The quantitative estimate of drug-likeness (QED) is 0.838. The number of hydrogen-bond donors (Lipinski definition) is 2. The van der Waals surface area contributed by atoms with Gasteiger partial charge in [0.2, 0.25) is 5.91 Å². The first-order valence-electron chi connectivity index (χ1n) is 8.21. The molecular weight excluding hydrogens is 300 g/mol. The summed E-state index contributed by atoms with van der Waals surface area (Å²) in [6, 6.07) is 16.7. The number of benzene rings is 2. The minimum Gasteiger partial charge on any atom is -0.346 e. The summed E-state index contributed by atoms with van der Waals surface area (Å²) in [4.78, 5) is 24.1. The zero-order valence-electron chi connectivity index (χ0n) is 14.4. The summed E-state index contributed by atoms with van der Waals surface area (Å²) in [5.74, 6) is 0.167. The fraction of sp³-hybridized carbons (Fsp3) is 0.300. The third kappa shape index (κ3) is 5.23. The Morgan fingerprint density at radius 2 is 1.54 bits per heavy atom. The van der Waals surface area contributed by atoms with Crippen molar-refractivity contribution in [1.29, 1.82) is 0 Å². The Morgan fingerprint density at radius 3 is 2.12 bits per heavy atom. The molecule has 0 aliphatic carbocycles. The average Bonchev–Trinajstić information content (AvgIpc) is 2.55. The van der Waals surface area contributed by atoms with E-state index in [1.54, 1.807) is 24.3 Å². The number of amides is 2. The monoisotopic (exact) mass is 324 g/mol. The number of carbonyl (C=O) groups is 2. The predicted molar refractivity (Wildman–Crippen MR) is 96.8 cm³/mol. The van der Waals surface area contributed by atoms with Gasteiger partial charge in [0.25, 0.3) is 5.91 Å². The van der Waals surface area contributed by atoms with Crippen LogP contribution in [0.3, 0.4) is 0 Å². The Balaban J connectivity index is 1.95. The van der Waals surface area contributed by atoms with Crippen LogP contribution in [0.4, 0.5) is 5.69 Å². The van der Waals surface area contributed by atoms with Crippen LogP contribution < -0.4 is 10.6 Å². The van der Waals surface area contributed by atoms with E-state index in [-0.39, 0.29) is 17.9 Å². The molecule has 0 bridgehead atoms. The van der Waals surface area contributed by atoms with Crippen LogP contribution in [-0.2, 0) is 4.79 Å². The highest BCUT2D eigenvalue weighted by atomic mass is 16.2. The fourth-order valence-electron chi connectivity index (χ4n) is 2.39. The second-order valence-corrected chi connectivity index (χ2v) is 6.33. The summed E-state index contributed by atoms with van der Waals surface area (Å²) in [6.45, 7) is 5.95. The fourth-order valence-corrected chi connectivity index (χ4v) is 2.39. The smallest absolute Gasteiger partial charge is 0.251 e. The molecule has 2 amide bonds. The van der Waals surface area contributed by atoms with E-state index in [9.17, 15) is 9.59 Å². The molecule has 2 aromatic rings. The molecule has 2 rings (SSSR count). The van der Waals surface area contributed by atoms with Gasteiger partial charge in [-0.15, -0.1) is 0 Å². The predicted octanol–water partition coefficient (Wildman–Crippen LogP) is 4.16. The molecule has 0 aromatic heterocycles. The molecule has 2 N–H and O–H groups in total. The lowest BCUT2D eigenvalue weighted by atomic mass is 10.1. The maximum atomic E-state index is 12.3. The molecule has 1 unspecified atom stereocenters. The number of hydrogen-bond acceptors (Lipinski definition) is 2. The van der Waals surface area contributed by atoms with Crippen molar-refractivity contribution in [2.24, 2.45) is 5.92 Å². The van der Waals surface area contributed by atoms with E-state index in [0.29, 0.717) is 23.6 Å². The van der Waals surface area contributed by atoms with Crippen molar-refractivity contribution in [2.75, 3.05) is 5.32 Å². The van der Waals surface area contributed by atoms with Crippen molar-refractivity contribution in [1.82, 2.24) is 5.32 Å². The van der Waals surface area contributed by atoms with Crippen molar-refractivity contribution < 1.29 is 9.59 Å². The zero-order chi connectivity index (χ0) is 17.5. The van der Waals surface area contributed by atoms with E-state index in [2.05, 4.69) is 10.6 Å². The highest BCUT2D eigenvalue weighted by Crippen LogP contribution is 2.14. The van der Waals surface area contributed by atoms with Crippen LogP contribution in [0.25, 0.3) is 0 Å². The molecule has 2 aromatic carbocycles. The van der Waals surface area contributed by atoms with E-state index in [0.717, 1.165) is 5.56 Å². The summed E-state index contributed by atoms with van der Waals surface area (Å²) in [5.41, 5.74) is 2.33. The first kappa shape index (κ1) is 17.7. The molecule has 0 spiro atoms. The lowest BCUT2D eigenvalue weighted by molar-refractivity contribution is -0.116. The number of rotatable bonds is 6. The summed E-state index contributed by atoms with van der Waals surface area (Å²) in [6.07, 6.45) is 0.483. The normalized spacial score (nSPS) is 11.8. The first-order chi connectivity index (χ1) is 11.5. The van der Waals surface area contributed by atoms with Crippen LogP contribution in [0, 0.1) is 5.92 Å². The summed E-state index contributed by atoms with van der Waals surface area (Å²) >= 11 is 0. The highest BCUT2D eigenvalue weighted by Gasteiger charge is 2.11. The van der Waals surface area contributed by atoms with Crippen molar-refractivity contribution >= 4 is 17.5 Å². The van der Waals surface area contributed by atoms with Crippen LogP contribution in [-0.4, -0.2) is 11.8 Å². The van der Waals surface area contributed by atoms with E-state index in [1.165, 1.54) is 0 Å². The molecule has 1 atom stereocenters. The average molecular weight is 324 g/mol. The van der Waals surface area contributed by atoms with Crippen molar-refractivity contribution in [3.8, 4) is 0 Å². The standard InChI is InChI=1S/C20H24N2O2/c1-14(2)13-19(23)22-18-11-9-17(10-12-18)20(24)21-15(3)16-7-5-4-6-8-16/h4-12,14-15H,13H2,1-3H3,(H,21,24)(H,22,23). The van der Waals surface area contributed by atoms with Crippen molar-refractivity contribution in [2.45, 2.75) is 33.2 Å². The van der Waals surface area contributed by atoms with E-state index < -0.39 is 0 Å². The lowest BCUT2D eigenvalue weighted by Crippen LogP contribution is -2.26. The largest absolute Gasteiger partial charge is 0.346 e. The van der Waals surface area contributed by atoms with Gasteiger partial charge in [0, 0.05) is 17.7 Å². The van der Waals surface area contributed by atoms with E-state index in [1.807, 2.05) is 51.1 Å². The van der Waals surface area contributed by atoms with Crippen LogP contribution in [0.2, 0.25) is 0 Å². The number of anilines is 1. The van der Waals surface area contributed by atoms with Gasteiger partial charge in [-0.2, -0.15) is 0 Å². The Hall–Kier alpha value is -2.62. The second-order valence-electron chi connectivity index (χ2n) is 6.33. The summed E-state index contributed by atoms with van der Waals surface area (Å²) in [7, 11) is 0. The van der Waals surface area contributed by atoms with Crippen LogP contribution in [0.1, 0.15) is 49.2 Å². The van der Waals surface area contributed by atoms with Gasteiger partial charge in [-0.1, -0.05) is 44.2 Å². The maximum absolute atomic E-state index is 12.3. The third-order valence-corrected chi connectivity index (χ3v) is 3.67. The van der Waals surface area contributed by atoms with Crippen molar-refractivity contribution in [3.05, 3.63) is 65.7 Å². The molecule has 4 heteroatoms.